The lowest BCUT2D eigenvalue weighted by molar-refractivity contribution is 0.0956. The maximum Gasteiger partial charge on any atom is 0.273 e. The molecule has 0 fully saturated rings. The van der Waals surface area contributed by atoms with Crippen molar-refractivity contribution in [2.75, 3.05) is 23.3 Å². The average Bonchev–Trinajstić information content (AvgIpc) is 2.82. The molecular formula is C25H25ClN4O3. The van der Waals surface area contributed by atoms with Crippen molar-refractivity contribution in [1.29, 1.82) is 0 Å². The second kappa shape index (κ2) is 11.2. The number of hydrazone groups is 1. The Bertz CT molecular complexity index is 1160. The van der Waals surface area contributed by atoms with Crippen molar-refractivity contribution < 1.29 is 14.7 Å². The molecule has 3 rings (SSSR count). The Kier molecular flexibility index (Phi) is 8.05. The number of carbonyl (C=O) groups is 2. The highest BCUT2D eigenvalue weighted by Gasteiger charge is 2.14. The van der Waals surface area contributed by atoms with E-state index in [4.69, 9.17) is 11.6 Å². The van der Waals surface area contributed by atoms with E-state index in [1.54, 1.807) is 60.7 Å². The third kappa shape index (κ3) is 6.11. The van der Waals surface area contributed by atoms with Crippen LogP contribution in [0.3, 0.4) is 0 Å². The highest BCUT2D eigenvalue weighted by atomic mass is 35.5. The van der Waals surface area contributed by atoms with Crippen LogP contribution in [0.2, 0.25) is 5.02 Å². The summed E-state index contributed by atoms with van der Waals surface area (Å²) in [5, 5.41) is 17.5. The molecule has 0 spiro atoms. The fourth-order valence-electron chi connectivity index (χ4n) is 3.23. The number of carbonyl (C=O) groups excluding carboxylic acids is 2. The van der Waals surface area contributed by atoms with Crippen molar-refractivity contribution in [1.82, 2.24) is 5.43 Å². The number of amides is 2. The van der Waals surface area contributed by atoms with Crippen LogP contribution in [0.1, 0.15) is 40.1 Å². The van der Waals surface area contributed by atoms with Gasteiger partial charge < -0.3 is 15.3 Å². The van der Waals surface area contributed by atoms with E-state index < -0.39 is 5.91 Å². The molecule has 0 aromatic heterocycles. The Morgan fingerprint density at radius 3 is 2.36 bits per heavy atom. The van der Waals surface area contributed by atoms with E-state index in [0.29, 0.717) is 21.8 Å². The highest BCUT2D eigenvalue weighted by molar-refractivity contribution is 6.30. The van der Waals surface area contributed by atoms with Crippen LogP contribution in [-0.2, 0) is 0 Å². The maximum absolute atomic E-state index is 12.7. The molecule has 0 saturated heterocycles. The van der Waals surface area contributed by atoms with Crippen molar-refractivity contribution in [2.24, 2.45) is 5.10 Å². The van der Waals surface area contributed by atoms with Gasteiger partial charge in [-0.15, -0.1) is 0 Å². The minimum absolute atomic E-state index is 0.0630. The predicted octanol–water partition coefficient (Wildman–Crippen LogP) is 4.91. The number of rotatable bonds is 8. The summed E-state index contributed by atoms with van der Waals surface area (Å²) in [5.74, 6) is -0.806. The zero-order valence-electron chi connectivity index (χ0n) is 18.4. The topological polar surface area (TPSA) is 94.0 Å². The summed E-state index contributed by atoms with van der Waals surface area (Å²) in [5.41, 5.74) is 4.82. The van der Waals surface area contributed by atoms with Gasteiger partial charge in [-0.2, -0.15) is 5.10 Å². The molecule has 0 heterocycles. The number of hydrogen-bond acceptors (Lipinski definition) is 5. The highest BCUT2D eigenvalue weighted by Crippen LogP contribution is 2.23. The van der Waals surface area contributed by atoms with E-state index in [1.807, 2.05) is 19.9 Å². The SMILES string of the molecule is CCN(CC)c1ccc(/C=N/NC(=O)c2ccccc2NC(=O)c2ccc(Cl)cc2)c(O)c1. The van der Waals surface area contributed by atoms with E-state index in [1.165, 1.54) is 6.21 Å². The lowest BCUT2D eigenvalue weighted by Crippen LogP contribution is -2.22. The Labute approximate surface area is 197 Å². The van der Waals surface area contributed by atoms with E-state index in [-0.39, 0.29) is 17.2 Å². The lowest BCUT2D eigenvalue weighted by Gasteiger charge is -2.21. The number of nitrogens with zero attached hydrogens (tertiary/aromatic N) is 2. The Morgan fingerprint density at radius 1 is 1.00 bits per heavy atom. The van der Waals surface area contributed by atoms with Gasteiger partial charge in [0.1, 0.15) is 5.75 Å². The number of nitrogens with one attached hydrogen (secondary N) is 2. The number of hydrogen-bond donors (Lipinski definition) is 3. The fraction of sp³-hybridized carbons (Fsp3) is 0.160. The van der Waals surface area contributed by atoms with Gasteiger partial charge >= 0.3 is 0 Å². The normalized spacial score (nSPS) is 10.8. The van der Waals surface area contributed by atoms with Crippen LogP contribution in [0.5, 0.6) is 5.75 Å². The molecule has 0 aliphatic rings. The largest absolute Gasteiger partial charge is 0.507 e. The molecule has 0 unspecified atom stereocenters. The second-order valence-corrected chi connectivity index (χ2v) is 7.56. The van der Waals surface area contributed by atoms with Gasteiger partial charge in [0.2, 0.25) is 0 Å². The molecule has 0 saturated carbocycles. The first-order valence-electron chi connectivity index (χ1n) is 10.5. The van der Waals surface area contributed by atoms with Gasteiger partial charge in [0, 0.05) is 41.0 Å². The lowest BCUT2D eigenvalue weighted by atomic mass is 10.1. The molecule has 0 atom stereocenters. The van der Waals surface area contributed by atoms with Crippen LogP contribution in [0.25, 0.3) is 0 Å². The number of benzene rings is 3. The van der Waals surface area contributed by atoms with E-state index in [9.17, 15) is 14.7 Å². The molecule has 0 radical (unpaired) electrons. The number of anilines is 2. The second-order valence-electron chi connectivity index (χ2n) is 7.12. The first-order chi connectivity index (χ1) is 15.9. The zero-order chi connectivity index (χ0) is 23.8. The third-order valence-electron chi connectivity index (χ3n) is 5.04. The molecule has 0 aliphatic carbocycles. The summed E-state index contributed by atoms with van der Waals surface area (Å²) in [6.45, 7) is 5.74. The van der Waals surface area contributed by atoms with Crippen molar-refractivity contribution >= 4 is 41.0 Å². The summed E-state index contributed by atoms with van der Waals surface area (Å²) in [4.78, 5) is 27.3. The van der Waals surface area contributed by atoms with Crippen LogP contribution < -0.4 is 15.6 Å². The molecular weight excluding hydrogens is 440 g/mol. The van der Waals surface area contributed by atoms with Crippen molar-refractivity contribution in [3.05, 3.63) is 88.4 Å². The molecule has 3 N–H and O–H groups in total. The van der Waals surface area contributed by atoms with Gasteiger partial charge in [0.05, 0.1) is 17.5 Å². The van der Waals surface area contributed by atoms with E-state index >= 15 is 0 Å². The number of phenolic OH excluding ortho intramolecular Hbond substituents is 1. The Morgan fingerprint density at radius 2 is 1.70 bits per heavy atom. The van der Waals surface area contributed by atoms with Gasteiger partial charge in [-0.25, -0.2) is 5.43 Å². The summed E-state index contributed by atoms with van der Waals surface area (Å²) in [6, 6.07) is 18.3. The third-order valence-corrected chi connectivity index (χ3v) is 5.29. The average molecular weight is 465 g/mol. The Hall–Kier alpha value is -3.84. The molecule has 170 valence electrons. The number of phenols is 1. The maximum atomic E-state index is 12.7. The van der Waals surface area contributed by atoms with E-state index in [0.717, 1.165) is 18.8 Å². The minimum Gasteiger partial charge on any atom is -0.507 e. The van der Waals surface area contributed by atoms with Crippen LogP contribution >= 0.6 is 11.6 Å². The monoisotopic (exact) mass is 464 g/mol. The van der Waals surface area contributed by atoms with Crippen molar-refractivity contribution in [3.8, 4) is 5.75 Å². The molecule has 3 aromatic rings. The summed E-state index contributed by atoms with van der Waals surface area (Å²) in [6.07, 6.45) is 1.37. The van der Waals surface area contributed by atoms with Gasteiger partial charge in [0.25, 0.3) is 11.8 Å². The molecule has 3 aromatic carbocycles. The van der Waals surface area contributed by atoms with Crippen molar-refractivity contribution in [3.63, 3.8) is 0 Å². The first-order valence-corrected chi connectivity index (χ1v) is 10.9. The molecule has 8 heteroatoms. The van der Waals surface area contributed by atoms with Gasteiger partial charge in [-0.05, 0) is 62.4 Å². The van der Waals surface area contributed by atoms with Crippen LogP contribution in [0, 0.1) is 0 Å². The number of aromatic hydroxyl groups is 1. The molecule has 0 bridgehead atoms. The van der Waals surface area contributed by atoms with Crippen LogP contribution in [0.15, 0.2) is 71.8 Å². The quantitative estimate of drug-likeness (QED) is 0.326. The minimum atomic E-state index is -0.502. The van der Waals surface area contributed by atoms with Crippen LogP contribution in [-0.4, -0.2) is 36.2 Å². The zero-order valence-corrected chi connectivity index (χ0v) is 19.1. The smallest absolute Gasteiger partial charge is 0.273 e. The predicted molar refractivity (Wildman–Crippen MR) is 133 cm³/mol. The standard InChI is InChI=1S/C25H25ClN4O3/c1-3-30(4-2)20-14-11-18(23(31)15-20)16-27-29-25(33)21-7-5-6-8-22(21)28-24(32)17-9-12-19(26)13-10-17/h5-16,31H,3-4H2,1-2H3,(H,28,32)(H,29,33)/b27-16+. The number of halogens is 1. The molecule has 0 aliphatic heterocycles. The Balaban J connectivity index is 1.69. The first kappa shape index (κ1) is 23.8. The molecule has 2 amide bonds. The molecule has 33 heavy (non-hydrogen) atoms. The summed E-state index contributed by atoms with van der Waals surface area (Å²) in [7, 11) is 0. The summed E-state index contributed by atoms with van der Waals surface area (Å²) >= 11 is 5.86. The van der Waals surface area contributed by atoms with Crippen LogP contribution in [0.4, 0.5) is 11.4 Å². The van der Waals surface area contributed by atoms with Crippen molar-refractivity contribution in [2.45, 2.75) is 13.8 Å². The van der Waals surface area contributed by atoms with Gasteiger partial charge in [-0.1, -0.05) is 23.7 Å². The van der Waals surface area contributed by atoms with Gasteiger partial charge in [-0.3, -0.25) is 9.59 Å². The summed E-state index contributed by atoms with van der Waals surface area (Å²) < 4.78 is 0. The molecule has 7 nitrogen and oxygen atoms in total. The number of para-hydroxylation sites is 1. The van der Waals surface area contributed by atoms with Gasteiger partial charge in [0.15, 0.2) is 0 Å². The van der Waals surface area contributed by atoms with E-state index in [2.05, 4.69) is 20.7 Å². The fourth-order valence-corrected chi connectivity index (χ4v) is 3.36.